The first-order valence-corrected chi connectivity index (χ1v) is 10.2. The van der Waals surface area contributed by atoms with Crippen LogP contribution in [0.5, 0.6) is 5.75 Å². The van der Waals surface area contributed by atoms with Crippen LogP contribution in [-0.4, -0.2) is 30.4 Å². The fourth-order valence-corrected chi connectivity index (χ4v) is 3.77. The molecule has 3 nitrogen and oxygen atoms in total. The van der Waals surface area contributed by atoms with Gasteiger partial charge in [-0.05, 0) is 73.8 Å². The van der Waals surface area contributed by atoms with Crippen LogP contribution in [0.15, 0.2) is 42.5 Å². The molecule has 144 valence electrons. The minimum absolute atomic E-state index is 0.116. The molecule has 2 aromatic carbocycles. The van der Waals surface area contributed by atoms with E-state index in [-0.39, 0.29) is 12.4 Å². The molecule has 1 aliphatic rings. The van der Waals surface area contributed by atoms with Gasteiger partial charge in [0, 0.05) is 18.0 Å². The highest BCUT2D eigenvalue weighted by molar-refractivity contribution is 6.42. The third-order valence-electron chi connectivity index (χ3n) is 4.83. The van der Waals surface area contributed by atoms with Crippen molar-refractivity contribution < 1.29 is 9.53 Å². The number of likely N-dealkylation sites (tertiary alicyclic amines) is 1. The molecule has 0 bridgehead atoms. The Balaban J connectivity index is 1.39. The largest absolute Gasteiger partial charge is 0.486 e. The molecule has 0 spiro atoms. The van der Waals surface area contributed by atoms with Gasteiger partial charge in [-0.1, -0.05) is 40.9 Å². The molecule has 0 unspecified atom stereocenters. The third-order valence-corrected chi connectivity index (χ3v) is 5.82. The summed E-state index contributed by atoms with van der Waals surface area (Å²) in [6.45, 7) is 2.94. The summed E-state index contributed by atoms with van der Waals surface area (Å²) in [5, 5.41) is 1.83. The zero-order valence-electron chi connectivity index (χ0n) is 15.0. The summed E-state index contributed by atoms with van der Waals surface area (Å²) in [5.74, 6) is 1.24. The summed E-state index contributed by atoms with van der Waals surface area (Å²) in [5.41, 5.74) is 1.16. The molecular weight excluding hydrogens is 405 g/mol. The molecule has 3 rings (SSSR count). The minimum atomic E-state index is 0.116. The van der Waals surface area contributed by atoms with Crippen molar-refractivity contribution in [2.75, 3.05) is 19.7 Å². The Morgan fingerprint density at radius 1 is 1.00 bits per heavy atom. The number of ketones is 1. The number of rotatable bonds is 7. The smallest absolute Gasteiger partial charge is 0.170 e. The summed E-state index contributed by atoms with van der Waals surface area (Å²) < 4.78 is 5.54. The Kier molecular flexibility index (Phi) is 7.42. The standard InChI is InChI=1S/C21H22Cl3NO2/c22-17-2-4-19(5-3-17)27-14-18(26)11-15-7-9-25(10-8-15)13-16-1-6-20(23)21(24)12-16/h1-6,12,15H,7-11,13-14H2. The van der Waals surface area contributed by atoms with Gasteiger partial charge in [0.05, 0.1) is 10.0 Å². The maximum atomic E-state index is 12.2. The second kappa shape index (κ2) is 9.79. The molecule has 0 radical (unpaired) electrons. The monoisotopic (exact) mass is 425 g/mol. The molecule has 1 saturated heterocycles. The first-order chi connectivity index (χ1) is 13.0. The zero-order valence-corrected chi connectivity index (χ0v) is 17.2. The van der Waals surface area contributed by atoms with Crippen molar-refractivity contribution in [3.05, 3.63) is 63.1 Å². The molecule has 0 saturated carbocycles. The van der Waals surface area contributed by atoms with Crippen molar-refractivity contribution >= 4 is 40.6 Å². The molecule has 1 aliphatic heterocycles. The first-order valence-electron chi connectivity index (χ1n) is 9.06. The third kappa shape index (κ3) is 6.39. The molecule has 0 amide bonds. The number of benzene rings is 2. The lowest BCUT2D eigenvalue weighted by Gasteiger charge is -2.31. The number of hydrogen-bond acceptors (Lipinski definition) is 3. The normalized spacial score (nSPS) is 15.7. The van der Waals surface area contributed by atoms with Crippen molar-refractivity contribution in [2.45, 2.75) is 25.8 Å². The van der Waals surface area contributed by atoms with Crippen molar-refractivity contribution in [3.8, 4) is 5.75 Å². The van der Waals surface area contributed by atoms with E-state index in [1.807, 2.05) is 18.2 Å². The Morgan fingerprint density at radius 2 is 1.70 bits per heavy atom. The van der Waals surface area contributed by atoms with Crippen molar-refractivity contribution in [1.82, 2.24) is 4.90 Å². The fourth-order valence-electron chi connectivity index (χ4n) is 3.32. The van der Waals surface area contributed by atoms with Crippen LogP contribution in [0.25, 0.3) is 0 Å². The number of ether oxygens (including phenoxy) is 1. The number of nitrogens with zero attached hydrogens (tertiary/aromatic N) is 1. The maximum Gasteiger partial charge on any atom is 0.170 e. The van der Waals surface area contributed by atoms with E-state index in [0.717, 1.165) is 38.0 Å². The number of hydrogen-bond donors (Lipinski definition) is 0. The van der Waals surface area contributed by atoms with E-state index >= 15 is 0 Å². The summed E-state index contributed by atoms with van der Waals surface area (Å²) >= 11 is 17.9. The van der Waals surface area contributed by atoms with Gasteiger partial charge in [-0.2, -0.15) is 0 Å². The summed E-state index contributed by atoms with van der Waals surface area (Å²) in [7, 11) is 0. The van der Waals surface area contributed by atoms with E-state index in [2.05, 4.69) is 4.90 Å². The average molecular weight is 427 g/mol. The van der Waals surface area contributed by atoms with Crippen molar-refractivity contribution in [1.29, 1.82) is 0 Å². The quantitative estimate of drug-likeness (QED) is 0.552. The number of carbonyl (C=O) groups excluding carboxylic acids is 1. The SMILES string of the molecule is O=C(COc1ccc(Cl)cc1)CC1CCN(Cc2ccc(Cl)c(Cl)c2)CC1. The number of carbonyl (C=O) groups is 1. The Morgan fingerprint density at radius 3 is 2.37 bits per heavy atom. The van der Waals surface area contributed by atoms with Crippen molar-refractivity contribution in [3.63, 3.8) is 0 Å². The lowest BCUT2D eigenvalue weighted by atomic mass is 9.91. The first kappa shape index (κ1) is 20.5. The topological polar surface area (TPSA) is 29.5 Å². The van der Waals surface area contributed by atoms with E-state index in [4.69, 9.17) is 39.5 Å². The highest BCUT2D eigenvalue weighted by atomic mass is 35.5. The van der Waals surface area contributed by atoms with Crippen molar-refractivity contribution in [2.24, 2.45) is 5.92 Å². The van der Waals surface area contributed by atoms with Gasteiger partial charge in [0.25, 0.3) is 0 Å². The molecular formula is C21H22Cl3NO2. The molecule has 2 aromatic rings. The van der Waals surface area contributed by atoms with Crippen LogP contribution in [-0.2, 0) is 11.3 Å². The summed E-state index contributed by atoms with van der Waals surface area (Å²) in [6, 6.07) is 12.8. The van der Waals surface area contributed by atoms with E-state index in [0.29, 0.717) is 33.2 Å². The van der Waals surface area contributed by atoms with Gasteiger partial charge in [0.2, 0.25) is 0 Å². The Labute approximate surface area is 175 Å². The lowest BCUT2D eigenvalue weighted by Crippen LogP contribution is -2.34. The van der Waals surface area contributed by atoms with E-state index in [1.54, 1.807) is 24.3 Å². The molecule has 6 heteroatoms. The van der Waals surface area contributed by atoms with E-state index in [9.17, 15) is 4.79 Å². The van der Waals surface area contributed by atoms with E-state index < -0.39 is 0 Å². The lowest BCUT2D eigenvalue weighted by molar-refractivity contribution is -0.122. The predicted octanol–water partition coefficient (Wildman–Crippen LogP) is 5.90. The van der Waals surface area contributed by atoms with Crippen LogP contribution in [0, 0.1) is 5.92 Å². The molecule has 27 heavy (non-hydrogen) atoms. The highest BCUT2D eigenvalue weighted by Crippen LogP contribution is 2.26. The Hall–Kier alpha value is -1.26. The summed E-state index contributed by atoms with van der Waals surface area (Å²) in [6.07, 6.45) is 2.62. The van der Waals surface area contributed by atoms with Crippen LogP contribution < -0.4 is 4.74 Å². The molecule has 0 aromatic heterocycles. The van der Waals surface area contributed by atoms with Crippen LogP contribution in [0.1, 0.15) is 24.8 Å². The van der Waals surface area contributed by atoms with E-state index in [1.165, 1.54) is 0 Å². The number of Topliss-reactive ketones (excluding diaryl/α,β-unsaturated/α-hetero) is 1. The van der Waals surface area contributed by atoms with Crippen LogP contribution in [0.3, 0.4) is 0 Å². The van der Waals surface area contributed by atoms with Crippen LogP contribution in [0.2, 0.25) is 15.1 Å². The van der Waals surface area contributed by atoms with Crippen LogP contribution in [0.4, 0.5) is 0 Å². The molecule has 0 atom stereocenters. The predicted molar refractivity (Wildman–Crippen MR) is 111 cm³/mol. The van der Waals surface area contributed by atoms with Gasteiger partial charge in [-0.3, -0.25) is 9.69 Å². The molecule has 0 aliphatic carbocycles. The van der Waals surface area contributed by atoms with Gasteiger partial charge in [0.1, 0.15) is 12.4 Å². The fraction of sp³-hybridized carbons (Fsp3) is 0.381. The molecule has 0 N–H and O–H groups in total. The molecule has 1 heterocycles. The zero-order chi connectivity index (χ0) is 19.2. The van der Waals surface area contributed by atoms with Gasteiger partial charge < -0.3 is 4.74 Å². The highest BCUT2D eigenvalue weighted by Gasteiger charge is 2.22. The Bertz CT molecular complexity index is 771. The number of halogens is 3. The van der Waals surface area contributed by atoms with Gasteiger partial charge in [-0.25, -0.2) is 0 Å². The second-order valence-corrected chi connectivity index (χ2v) is 8.20. The van der Waals surface area contributed by atoms with Gasteiger partial charge >= 0.3 is 0 Å². The van der Waals surface area contributed by atoms with Crippen LogP contribution >= 0.6 is 34.8 Å². The second-order valence-electron chi connectivity index (χ2n) is 6.95. The molecule has 1 fully saturated rings. The average Bonchev–Trinajstić information content (AvgIpc) is 2.66. The summed E-state index contributed by atoms with van der Waals surface area (Å²) in [4.78, 5) is 14.6. The van der Waals surface area contributed by atoms with Gasteiger partial charge in [0.15, 0.2) is 5.78 Å². The maximum absolute atomic E-state index is 12.2. The minimum Gasteiger partial charge on any atom is -0.486 e. The van der Waals surface area contributed by atoms with Gasteiger partial charge in [-0.15, -0.1) is 0 Å². The number of piperidine rings is 1.